The minimum absolute atomic E-state index is 0.149. The van der Waals surface area contributed by atoms with Crippen molar-refractivity contribution >= 4 is 61.9 Å². The second-order valence-corrected chi connectivity index (χ2v) is 9.07. The molecule has 2 amide bonds. The molecule has 32 heavy (non-hydrogen) atoms. The number of amides is 2. The number of anilines is 1. The fourth-order valence-electron chi connectivity index (χ4n) is 3.65. The highest BCUT2D eigenvalue weighted by molar-refractivity contribution is 9.10. The van der Waals surface area contributed by atoms with E-state index in [1.807, 2.05) is 83.8 Å². The first-order valence-corrected chi connectivity index (χ1v) is 11.7. The largest absolute Gasteiger partial charge is 0.325 e. The van der Waals surface area contributed by atoms with Crippen molar-refractivity contribution in [3.8, 4) is 0 Å². The van der Waals surface area contributed by atoms with E-state index in [0.29, 0.717) is 11.0 Å². The smallest absolute Gasteiger partial charge is 0.275 e. The van der Waals surface area contributed by atoms with Crippen LogP contribution in [0, 0.1) is 0 Å². The van der Waals surface area contributed by atoms with E-state index in [1.165, 1.54) is 11.8 Å². The van der Waals surface area contributed by atoms with Gasteiger partial charge in [-0.1, -0.05) is 70.2 Å². The molecule has 0 aromatic heterocycles. The second-order valence-electron chi connectivity index (χ2n) is 7.21. The molecule has 0 fully saturated rings. The molecule has 8 heteroatoms. The number of fused-ring (bicyclic) bond motifs is 3. The van der Waals surface area contributed by atoms with Crippen molar-refractivity contribution < 1.29 is 9.59 Å². The highest BCUT2D eigenvalue weighted by Gasteiger charge is 2.42. The summed E-state index contributed by atoms with van der Waals surface area (Å²) in [6, 6.07) is 23.9. The maximum absolute atomic E-state index is 12.9. The Morgan fingerprint density at radius 2 is 1.69 bits per heavy atom. The third-order valence-electron chi connectivity index (χ3n) is 5.08. The zero-order valence-electron chi connectivity index (χ0n) is 16.7. The predicted molar refractivity (Wildman–Crippen MR) is 131 cm³/mol. The number of rotatable bonds is 4. The van der Waals surface area contributed by atoms with Crippen LogP contribution in [0.1, 0.15) is 17.2 Å². The van der Waals surface area contributed by atoms with E-state index in [1.54, 1.807) is 0 Å². The van der Waals surface area contributed by atoms with Crippen LogP contribution in [0.4, 0.5) is 11.4 Å². The highest BCUT2D eigenvalue weighted by Crippen LogP contribution is 2.39. The van der Waals surface area contributed by atoms with Crippen molar-refractivity contribution in [3.63, 3.8) is 0 Å². The number of carbonyl (C=O) groups is 2. The first-order valence-electron chi connectivity index (χ1n) is 9.93. The number of nitrogens with one attached hydrogen (secondary N) is 1. The van der Waals surface area contributed by atoms with Gasteiger partial charge in [0.15, 0.2) is 5.17 Å². The molecule has 5 rings (SSSR count). The van der Waals surface area contributed by atoms with Crippen LogP contribution in [0.25, 0.3) is 0 Å². The number of thioether (sulfide) groups is 1. The van der Waals surface area contributed by atoms with E-state index in [-0.39, 0.29) is 17.6 Å². The van der Waals surface area contributed by atoms with Crippen LogP contribution >= 0.6 is 27.7 Å². The Balaban J connectivity index is 1.42. The van der Waals surface area contributed by atoms with E-state index in [4.69, 9.17) is 4.99 Å². The third-order valence-corrected chi connectivity index (χ3v) is 6.56. The lowest BCUT2D eigenvalue weighted by atomic mass is 10.0. The molecule has 2 heterocycles. The van der Waals surface area contributed by atoms with Gasteiger partial charge >= 0.3 is 0 Å². The molecular weight excluding hydrogens is 488 g/mol. The fraction of sp³-hybridized carbons (Fsp3) is 0.0833. The summed E-state index contributed by atoms with van der Waals surface area (Å²) in [4.78, 5) is 36.5. The van der Waals surface area contributed by atoms with Crippen LogP contribution in [0.15, 0.2) is 93.3 Å². The van der Waals surface area contributed by atoms with Crippen molar-refractivity contribution in [2.24, 2.45) is 9.98 Å². The average Bonchev–Trinajstić information content (AvgIpc) is 3.17. The number of aliphatic imine (C=N–C) groups is 2. The van der Waals surface area contributed by atoms with Crippen LogP contribution in [-0.2, 0) is 9.59 Å². The van der Waals surface area contributed by atoms with Gasteiger partial charge in [-0.05, 0) is 42.0 Å². The molecule has 2 aliphatic rings. The molecule has 3 aromatic carbocycles. The van der Waals surface area contributed by atoms with Crippen molar-refractivity contribution in [1.82, 2.24) is 4.90 Å². The maximum atomic E-state index is 12.9. The molecule has 1 N–H and O–H groups in total. The summed E-state index contributed by atoms with van der Waals surface area (Å²) in [6.45, 7) is 0. The third kappa shape index (κ3) is 3.99. The molecule has 2 aliphatic heterocycles. The SMILES string of the molecule is O=C(CSC1=Nc2ccccc2C2=NC(=O)C(c3ccccc3)N12)Nc1ccc(Br)cc1. The molecule has 0 saturated heterocycles. The lowest BCUT2D eigenvalue weighted by Gasteiger charge is -2.31. The van der Waals surface area contributed by atoms with Gasteiger partial charge in [-0.25, -0.2) is 4.99 Å². The molecule has 6 nitrogen and oxygen atoms in total. The minimum Gasteiger partial charge on any atom is -0.325 e. The first kappa shape index (κ1) is 20.7. The lowest BCUT2D eigenvalue weighted by Crippen LogP contribution is -2.39. The number of carbonyl (C=O) groups excluding carboxylic acids is 2. The quantitative estimate of drug-likeness (QED) is 0.532. The summed E-state index contributed by atoms with van der Waals surface area (Å²) in [5.41, 5.74) is 3.10. The summed E-state index contributed by atoms with van der Waals surface area (Å²) >= 11 is 4.68. The van der Waals surface area contributed by atoms with Crippen LogP contribution in [0.3, 0.4) is 0 Å². The summed E-state index contributed by atoms with van der Waals surface area (Å²) in [5.74, 6) is 0.330. The second kappa shape index (κ2) is 8.72. The lowest BCUT2D eigenvalue weighted by molar-refractivity contribution is -0.119. The number of halogens is 1. The fourth-order valence-corrected chi connectivity index (χ4v) is 4.74. The Labute approximate surface area is 197 Å². The van der Waals surface area contributed by atoms with E-state index >= 15 is 0 Å². The van der Waals surface area contributed by atoms with Gasteiger partial charge in [0.2, 0.25) is 5.91 Å². The number of hydrogen-bond donors (Lipinski definition) is 1. The van der Waals surface area contributed by atoms with Gasteiger partial charge in [0.25, 0.3) is 5.91 Å². The average molecular weight is 505 g/mol. The van der Waals surface area contributed by atoms with Crippen molar-refractivity contribution in [1.29, 1.82) is 0 Å². The molecule has 0 spiro atoms. The molecule has 0 bridgehead atoms. The van der Waals surface area contributed by atoms with Crippen molar-refractivity contribution in [2.45, 2.75) is 6.04 Å². The number of hydrogen-bond acceptors (Lipinski definition) is 5. The van der Waals surface area contributed by atoms with Gasteiger partial charge in [0.05, 0.1) is 11.4 Å². The Morgan fingerprint density at radius 3 is 2.47 bits per heavy atom. The normalized spacial score (nSPS) is 16.7. The Hall–Kier alpha value is -3.23. The van der Waals surface area contributed by atoms with E-state index < -0.39 is 6.04 Å². The van der Waals surface area contributed by atoms with Gasteiger partial charge < -0.3 is 5.32 Å². The standard InChI is InChI=1S/C24H17BrN4O2S/c25-16-10-12-17(13-11-16)26-20(30)14-32-24-27-19-9-5-4-8-18(19)22-28-23(31)21(29(22)24)15-6-2-1-3-7-15/h1-13,21H,14H2,(H,26,30). The number of para-hydroxylation sites is 1. The molecule has 1 unspecified atom stereocenters. The van der Waals surface area contributed by atoms with Gasteiger partial charge in [-0.2, -0.15) is 4.99 Å². The van der Waals surface area contributed by atoms with Gasteiger partial charge in [0.1, 0.15) is 11.9 Å². The zero-order valence-corrected chi connectivity index (χ0v) is 19.1. The topological polar surface area (TPSA) is 74.1 Å². The number of nitrogens with zero attached hydrogens (tertiary/aromatic N) is 3. The van der Waals surface area contributed by atoms with Crippen molar-refractivity contribution in [2.75, 3.05) is 11.1 Å². The van der Waals surface area contributed by atoms with E-state index in [9.17, 15) is 9.59 Å². The Kier molecular flexibility index (Phi) is 5.63. The van der Waals surface area contributed by atoms with E-state index in [0.717, 1.165) is 27.0 Å². The summed E-state index contributed by atoms with van der Waals surface area (Å²) < 4.78 is 0.942. The molecular formula is C24H17BrN4O2S. The number of benzene rings is 3. The highest BCUT2D eigenvalue weighted by atomic mass is 79.9. The van der Waals surface area contributed by atoms with Gasteiger partial charge in [-0.15, -0.1) is 0 Å². The molecule has 1 atom stereocenters. The monoisotopic (exact) mass is 504 g/mol. The summed E-state index contributed by atoms with van der Waals surface area (Å²) in [6.07, 6.45) is 0. The van der Waals surface area contributed by atoms with E-state index in [2.05, 4.69) is 26.2 Å². The van der Waals surface area contributed by atoms with Crippen LogP contribution in [0.2, 0.25) is 0 Å². The minimum atomic E-state index is -0.597. The predicted octanol–water partition coefficient (Wildman–Crippen LogP) is 5.15. The van der Waals surface area contributed by atoms with Crippen molar-refractivity contribution in [3.05, 3.63) is 94.5 Å². The summed E-state index contributed by atoms with van der Waals surface area (Å²) in [5, 5.41) is 3.46. The molecule has 3 aromatic rings. The maximum Gasteiger partial charge on any atom is 0.275 e. The van der Waals surface area contributed by atoms with Gasteiger partial charge in [0, 0.05) is 15.7 Å². The van der Waals surface area contributed by atoms with Gasteiger partial charge in [-0.3, -0.25) is 14.5 Å². The Morgan fingerprint density at radius 1 is 0.969 bits per heavy atom. The number of amidine groups is 2. The molecule has 0 radical (unpaired) electrons. The molecule has 0 aliphatic carbocycles. The van der Waals surface area contributed by atoms with Crippen LogP contribution in [-0.4, -0.2) is 33.5 Å². The Bertz CT molecular complexity index is 1260. The summed E-state index contributed by atoms with van der Waals surface area (Å²) in [7, 11) is 0. The zero-order chi connectivity index (χ0) is 22.1. The van der Waals surface area contributed by atoms with Crippen LogP contribution in [0.5, 0.6) is 0 Å². The first-order chi connectivity index (χ1) is 15.6. The molecule has 0 saturated carbocycles. The van der Waals surface area contributed by atoms with Crippen LogP contribution < -0.4 is 5.32 Å². The molecule has 158 valence electrons.